The first kappa shape index (κ1) is 18.3. The third-order valence-electron chi connectivity index (χ3n) is 4.84. The van der Waals surface area contributed by atoms with E-state index in [2.05, 4.69) is 5.32 Å². The molecule has 0 bridgehead atoms. The fourth-order valence-corrected chi connectivity index (χ4v) is 4.87. The minimum Gasteiger partial charge on any atom is -0.322 e. The molecule has 1 heterocycles. The molecule has 0 saturated carbocycles. The van der Waals surface area contributed by atoms with Crippen LogP contribution in [0.25, 0.3) is 0 Å². The quantitative estimate of drug-likeness (QED) is 0.730. The van der Waals surface area contributed by atoms with Crippen LogP contribution in [0.2, 0.25) is 0 Å². The van der Waals surface area contributed by atoms with E-state index >= 15 is 0 Å². The van der Waals surface area contributed by atoms with Gasteiger partial charge in [-0.3, -0.25) is 9.10 Å². The van der Waals surface area contributed by atoms with Gasteiger partial charge >= 0.3 is 0 Å². The average Bonchev–Trinajstić information content (AvgIpc) is 3.15. The molecule has 28 heavy (non-hydrogen) atoms. The van der Waals surface area contributed by atoms with E-state index in [1.165, 1.54) is 16.4 Å². The summed E-state index contributed by atoms with van der Waals surface area (Å²) in [4.78, 5) is 12.7. The van der Waals surface area contributed by atoms with E-state index in [-0.39, 0.29) is 10.8 Å². The summed E-state index contributed by atoms with van der Waals surface area (Å²) in [6.45, 7) is 2.37. The number of hydrogen-bond donors (Lipinski definition) is 1. The Balaban J connectivity index is 1.61. The Labute approximate surface area is 164 Å². The molecule has 3 aromatic rings. The fourth-order valence-electron chi connectivity index (χ4n) is 3.32. The molecule has 142 valence electrons. The van der Waals surface area contributed by atoms with Gasteiger partial charge in [-0.05, 0) is 55.3 Å². The third-order valence-corrected chi connectivity index (χ3v) is 6.65. The highest BCUT2D eigenvalue weighted by atomic mass is 32.2. The molecule has 0 atom stereocenters. The summed E-state index contributed by atoms with van der Waals surface area (Å²) in [5, 5.41) is 2.80. The van der Waals surface area contributed by atoms with E-state index in [1.807, 2.05) is 55.5 Å². The molecule has 0 unspecified atom stereocenters. The number of benzene rings is 3. The second-order valence-electron chi connectivity index (χ2n) is 6.80. The first-order valence-corrected chi connectivity index (χ1v) is 10.5. The topological polar surface area (TPSA) is 66.5 Å². The number of nitrogens with one attached hydrogen (secondary N) is 1. The van der Waals surface area contributed by atoms with Crippen molar-refractivity contribution in [3.05, 3.63) is 89.5 Å². The van der Waals surface area contributed by atoms with Crippen LogP contribution in [0, 0.1) is 6.92 Å². The Bertz CT molecular complexity index is 1140. The SMILES string of the molecule is Cc1ccc(NC(=O)c2cccc(S(=O)(=O)N3CCc4ccccc43)c2)cc1. The number of amides is 1. The van der Waals surface area contributed by atoms with Gasteiger partial charge in [0.2, 0.25) is 0 Å². The second-order valence-corrected chi connectivity index (χ2v) is 8.67. The van der Waals surface area contributed by atoms with Crippen LogP contribution in [0.1, 0.15) is 21.5 Å². The largest absolute Gasteiger partial charge is 0.322 e. The molecule has 1 N–H and O–H groups in total. The number of para-hydroxylation sites is 1. The summed E-state index contributed by atoms with van der Waals surface area (Å²) in [6, 6.07) is 21.1. The molecule has 1 aliphatic rings. The molecular weight excluding hydrogens is 372 g/mol. The third kappa shape index (κ3) is 3.39. The lowest BCUT2D eigenvalue weighted by Crippen LogP contribution is -2.29. The maximum atomic E-state index is 13.2. The van der Waals surface area contributed by atoms with Crippen LogP contribution in [-0.4, -0.2) is 20.9 Å². The van der Waals surface area contributed by atoms with E-state index in [1.54, 1.807) is 12.1 Å². The lowest BCUT2D eigenvalue weighted by molar-refractivity contribution is 0.102. The van der Waals surface area contributed by atoms with Gasteiger partial charge in [0, 0.05) is 17.8 Å². The maximum absolute atomic E-state index is 13.2. The van der Waals surface area contributed by atoms with E-state index in [4.69, 9.17) is 0 Å². The molecule has 0 fully saturated rings. The molecule has 4 rings (SSSR count). The molecule has 0 saturated heterocycles. The van der Waals surface area contributed by atoms with Crippen molar-refractivity contribution in [2.75, 3.05) is 16.2 Å². The van der Waals surface area contributed by atoms with Crippen molar-refractivity contribution in [2.45, 2.75) is 18.2 Å². The van der Waals surface area contributed by atoms with E-state index in [0.29, 0.717) is 29.9 Å². The number of carbonyl (C=O) groups excluding carboxylic acids is 1. The lowest BCUT2D eigenvalue weighted by atomic mass is 10.2. The predicted molar refractivity (Wildman–Crippen MR) is 110 cm³/mol. The predicted octanol–water partition coefficient (Wildman–Crippen LogP) is 4.00. The Morgan fingerprint density at radius 1 is 0.964 bits per heavy atom. The molecule has 5 nitrogen and oxygen atoms in total. The van der Waals surface area contributed by atoms with Gasteiger partial charge in [0.25, 0.3) is 15.9 Å². The zero-order valence-electron chi connectivity index (χ0n) is 15.4. The van der Waals surface area contributed by atoms with Gasteiger partial charge in [-0.15, -0.1) is 0 Å². The van der Waals surface area contributed by atoms with Crippen molar-refractivity contribution >= 4 is 27.3 Å². The van der Waals surface area contributed by atoms with Crippen molar-refractivity contribution in [1.29, 1.82) is 0 Å². The zero-order chi connectivity index (χ0) is 19.7. The minimum absolute atomic E-state index is 0.112. The Morgan fingerprint density at radius 2 is 1.71 bits per heavy atom. The highest BCUT2D eigenvalue weighted by molar-refractivity contribution is 7.92. The second kappa shape index (κ2) is 7.13. The number of anilines is 2. The highest BCUT2D eigenvalue weighted by Crippen LogP contribution is 2.32. The number of fused-ring (bicyclic) bond motifs is 1. The van der Waals surface area contributed by atoms with Crippen LogP contribution in [-0.2, 0) is 16.4 Å². The molecule has 0 spiro atoms. The average molecular weight is 392 g/mol. The first-order valence-electron chi connectivity index (χ1n) is 9.04. The fraction of sp³-hybridized carbons (Fsp3) is 0.136. The van der Waals surface area contributed by atoms with Crippen LogP contribution < -0.4 is 9.62 Å². The number of hydrogen-bond acceptors (Lipinski definition) is 3. The van der Waals surface area contributed by atoms with Gasteiger partial charge in [-0.1, -0.05) is 42.0 Å². The maximum Gasteiger partial charge on any atom is 0.264 e. The number of rotatable bonds is 4. The normalized spacial score (nSPS) is 13.2. The van der Waals surface area contributed by atoms with Gasteiger partial charge < -0.3 is 5.32 Å². The minimum atomic E-state index is -3.73. The summed E-state index contributed by atoms with van der Waals surface area (Å²) < 4.78 is 27.7. The van der Waals surface area contributed by atoms with Crippen molar-refractivity contribution in [2.24, 2.45) is 0 Å². The first-order chi connectivity index (χ1) is 13.4. The standard InChI is InChI=1S/C22H20N2O3S/c1-16-9-11-19(12-10-16)23-22(25)18-6-4-7-20(15-18)28(26,27)24-14-13-17-5-2-3-8-21(17)24/h2-12,15H,13-14H2,1H3,(H,23,25). The summed E-state index contributed by atoms with van der Waals surface area (Å²) in [6.07, 6.45) is 0.684. The molecule has 0 radical (unpaired) electrons. The number of sulfonamides is 1. The molecule has 1 amide bonds. The Kier molecular flexibility index (Phi) is 4.65. The van der Waals surface area contributed by atoms with Crippen LogP contribution in [0.15, 0.2) is 77.7 Å². The van der Waals surface area contributed by atoms with Crippen LogP contribution in [0.4, 0.5) is 11.4 Å². The summed E-state index contributed by atoms with van der Waals surface area (Å²) in [5.74, 6) is -0.345. The summed E-state index contributed by atoms with van der Waals surface area (Å²) >= 11 is 0. The Hall–Kier alpha value is -3.12. The van der Waals surface area contributed by atoms with Crippen molar-refractivity contribution in [1.82, 2.24) is 0 Å². The zero-order valence-corrected chi connectivity index (χ0v) is 16.2. The van der Waals surface area contributed by atoms with Crippen LogP contribution in [0.3, 0.4) is 0 Å². The van der Waals surface area contributed by atoms with E-state index in [9.17, 15) is 13.2 Å². The van der Waals surface area contributed by atoms with Gasteiger partial charge in [-0.2, -0.15) is 0 Å². The smallest absolute Gasteiger partial charge is 0.264 e. The lowest BCUT2D eigenvalue weighted by Gasteiger charge is -2.20. The molecule has 1 aliphatic heterocycles. The molecule has 0 aliphatic carbocycles. The van der Waals surface area contributed by atoms with Crippen molar-refractivity contribution < 1.29 is 13.2 Å². The number of aryl methyl sites for hydroxylation is 1. The van der Waals surface area contributed by atoms with Gasteiger partial charge in [0.05, 0.1) is 10.6 Å². The number of nitrogens with zero attached hydrogens (tertiary/aromatic N) is 1. The molecular formula is C22H20N2O3S. The van der Waals surface area contributed by atoms with Crippen LogP contribution >= 0.6 is 0 Å². The highest BCUT2D eigenvalue weighted by Gasteiger charge is 2.30. The van der Waals surface area contributed by atoms with Gasteiger partial charge in [-0.25, -0.2) is 8.42 Å². The van der Waals surface area contributed by atoms with Crippen molar-refractivity contribution in [3.63, 3.8) is 0 Å². The van der Waals surface area contributed by atoms with E-state index in [0.717, 1.165) is 11.1 Å². The van der Waals surface area contributed by atoms with E-state index < -0.39 is 10.0 Å². The molecule has 6 heteroatoms. The summed E-state index contributed by atoms with van der Waals surface area (Å²) in [7, 11) is -3.73. The molecule has 0 aromatic heterocycles. The number of carbonyl (C=O) groups is 1. The van der Waals surface area contributed by atoms with Crippen LogP contribution in [0.5, 0.6) is 0 Å². The van der Waals surface area contributed by atoms with Crippen molar-refractivity contribution in [3.8, 4) is 0 Å². The van der Waals surface area contributed by atoms with Gasteiger partial charge in [0.1, 0.15) is 0 Å². The monoisotopic (exact) mass is 392 g/mol. The molecule has 3 aromatic carbocycles. The van der Waals surface area contributed by atoms with Gasteiger partial charge in [0.15, 0.2) is 0 Å². The Morgan fingerprint density at radius 3 is 2.50 bits per heavy atom. The summed E-state index contributed by atoms with van der Waals surface area (Å²) in [5.41, 5.74) is 3.78.